The van der Waals surface area contributed by atoms with Gasteiger partial charge in [0.1, 0.15) is 29.5 Å². The molecule has 2 aromatic heterocycles. The molecule has 0 aliphatic carbocycles. The number of fused-ring (bicyclic) bond motifs is 1. The number of anilines is 1. The van der Waals surface area contributed by atoms with Crippen LogP contribution in [0.3, 0.4) is 0 Å². The minimum absolute atomic E-state index is 0.0859. The minimum Gasteiger partial charge on any atom is -0.376 e. The molecule has 2 aliphatic heterocycles. The van der Waals surface area contributed by atoms with Crippen LogP contribution < -0.4 is 16.2 Å². The van der Waals surface area contributed by atoms with Crippen molar-refractivity contribution in [1.29, 1.82) is 0 Å². The Morgan fingerprint density at radius 2 is 2.11 bits per heavy atom. The lowest BCUT2D eigenvalue weighted by molar-refractivity contribution is -0.135. The van der Waals surface area contributed by atoms with E-state index in [1.54, 1.807) is 29.8 Å². The fourth-order valence-corrected chi connectivity index (χ4v) is 4.60. The molecule has 1 unspecified atom stereocenters. The van der Waals surface area contributed by atoms with Gasteiger partial charge in [0.25, 0.3) is 11.5 Å². The number of carbonyl (C=O) groups excluding carboxylic acids is 3. The van der Waals surface area contributed by atoms with Crippen LogP contribution in [-0.2, 0) is 19.1 Å². The summed E-state index contributed by atoms with van der Waals surface area (Å²) in [6, 6.07) is 3.80. The second kappa shape index (κ2) is 9.59. The second-order valence-corrected chi connectivity index (χ2v) is 8.64. The monoisotopic (exact) mass is 495 g/mol. The summed E-state index contributed by atoms with van der Waals surface area (Å²) >= 11 is 0. The number of amides is 3. The lowest BCUT2D eigenvalue weighted by Gasteiger charge is -2.24. The summed E-state index contributed by atoms with van der Waals surface area (Å²) in [6.07, 6.45) is 1.70. The number of rotatable bonds is 6. The number of aromatic nitrogens is 5. The third-order valence-corrected chi connectivity index (χ3v) is 6.34. The van der Waals surface area contributed by atoms with E-state index in [1.165, 1.54) is 10.8 Å². The number of carbonyl (C=O) groups is 3. The van der Waals surface area contributed by atoms with Gasteiger partial charge in [-0.15, -0.1) is 5.10 Å². The molecule has 2 N–H and O–H groups in total. The first-order chi connectivity index (χ1) is 17.4. The van der Waals surface area contributed by atoms with Gasteiger partial charge in [-0.05, 0) is 32.4 Å². The van der Waals surface area contributed by atoms with Crippen molar-refractivity contribution in [2.24, 2.45) is 0 Å². The number of nitrogens with one attached hydrogen (secondary N) is 2. The summed E-state index contributed by atoms with van der Waals surface area (Å²) in [5.41, 5.74) is 0.254. The Bertz CT molecular complexity index is 1410. The zero-order chi connectivity index (χ0) is 25.4. The van der Waals surface area contributed by atoms with Crippen molar-refractivity contribution < 1.29 is 23.9 Å². The highest BCUT2D eigenvalue weighted by Crippen LogP contribution is 2.25. The topological polar surface area (TPSA) is 159 Å². The van der Waals surface area contributed by atoms with Crippen molar-refractivity contribution in [2.45, 2.75) is 44.9 Å². The van der Waals surface area contributed by atoms with Crippen LogP contribution >= 0.6 is 0 Å². The Hall–Kier alpha value is -3.97. The molecule has 4 heterocycles. The molecular formula is C23H25N7O6. The first-order valence-electron chi connectivity index (χ1n) is 11.7. The fourth-order valence-electron chi connectivity index (χ4n) is 4.60. The molecule has 0 radical (unpaired) electrons. The molecule has 5 rings (SSSR count). The predicted octanol–water partition coefficient (Wildman–Crippen LogP) is 0.503. The molecule has 188 valence electrons. The van der Waals surface area contributed by atoms with Crippen LogP contribution in [0.15, 0.2) is 29.2 Å². The highest BCUT2D eigenvalue weighted by atomic mass is 16.5. The highest BCUT2D eigenvalue weighted by molar-refractivity contribution is 6.07. The Labute approximate surface area is 204 Å². The molecule has 3 aromatic rings. The van der Waals surface area contributed by atoms with Gasteiger partial charge in [0, 0.05) is 13.0 Å². The molecule has 13 nitrogen and oxygen atoms in total. The number of piperidine rings is 1. The maximum absolute atomic E-state index is 13.3. The average Bonchev–Trinajstić information content (AvgIpc) is 3.51. The van der Waals surface area contributed by atoms with E-state index in [-0.39, 0.29) is 53.3 Å². The van der Waals surface area contributed by atoms with Crippen LogP contribution in [0.2, 0.25) is 0 Å². The Balaban J connectivity index is 1.42. The molecule has 3 amide bonds. The molecule has 1 aromatic carbocycles. The molecular weight excluding hydrogens is 470 g/mol. The summed E-state index contributed by atoms with van der Waals surface area (Å²) in [7, 11) is 0. The van der Waals surface area contributed by atoms with Gasteiger partial charge < -0.3 is 14.8 Å². The average molecular weight is 495 g/mol. The summed E-state index contributed by atoms with van der Waals surface area (Å²) in [5, 5.41) is 13.3. The number of hydrogen-bond acceptors (Lipinski definition) is 9. The van der Waals surface area contributed by atoms with Crippen molar-refractivity contribution in [3.8, 4) is 0 Å². The van der Waals surface area contributed by atoms with E-state index in [0.29, 0.717) is 25.5 Å². The zero-order valence-corrected chi connectivity index (χ0v) is 19.8. The number of hydrogen-bond donors (Lipinski definition) is 2. The van der Waals surface area contributed by atoms with E-state index < -0.39 is 23.4 Å². The number of aryl methyl sites for hydroxylation is 1. The quantitative estimate of drug-likeness (QED) is 0.464. The molecule has 3 atom stereocenters. The molecule has 2 fully saturated rings. The Morgan fingerprint density at radius 1 is 1.28 bits per heavy atom. The summed E-state index contributed by atoms with van der Waals surface area (Å²) in [6.45, 7) is 4.88. The van der Waals surface area contributed by atoms with Crippen molar-refractivity contribution in [3.63, 3.8) is 0 Å². The Morgan fingerprint density at radius 3 is 2.89 bits per heavy atom. The first kappa shape index (κ1) is 23.8. The lowest BCUT2D eigenvalue weighted by Crippen LogP contribution is -2.45. The molecule has 0 saturated carbocycles. The van der Waals surface area contributed by atoms with E-state index in [9.17, 15) is 19.2 Å². The number of nitrogens with zero attached hydrogens (tertiary/aromatic N) is 5. The highest BCUT2D eigenvalue weighted by Gasteiger charge is 2.32. The molecule has 0 bridgehead atoms. The van der Waals surface area contributed by atoms with Crippen LogP contribution in [0.5, 0.6) is 0 Å². The lowest BCUT2D eigenvalue weighted by atomic mass is 10.1. The van der Waals surface area contributed by atoms with Gasteiger partial charge in [-0.3, -0.25) is 29.1 Å². The third-order valence-electron chi connectivity index (χ3n) is 6.34. The SMILES string of the molecule is CCO[C@@H]1COC[C@H]1n1cc(C(=O)Nc2cccc3c(=O)n(C4CCC(=O)NC4=O)c(C)nc23)nn1. The molecule has 13 heteroatoms. The van der Waals surface area contributed by atoms with Crippen LogP contribution in [0, 0.1) is 6.92 Å². The number of para-hydroxylation sites is 1. The normalized spacial score (nSPS) is 22.1. The van der Waals surface area contributed by atoms with Gasteiger partial charge in [0.2, 0.25) is 11.8 Å². The largest absolute Gasteiger partial charge is 0.376 e. The summed E-state index contributed by atoms with van der Waals surface area (Å²) in [4.78, 5) is 54.7. The third kappa shape index (κ3) is 4.27. The predicted molar refractivity (Wildman–Crippen MR) is 125 cm³/mol. The van der Waals surface area contributed by atoms with E-state index in [0.717, 1.165) is 0 Å². The van der Waals surface area contributed by atoms with Crippen LogP contribution in [0.4, 0.5) is 5.69 Å². The van der Waals surface area contributed by atoms with E-state index in [2.05, 4.69) is 25.9 Å². The van der Waals surface area contributed by atoms with E-state index >= 15 is 0 Å². The summed E-state index contributed by atoms with van der Waals surface area (Å²) in [5.74, 6) is -1.14. The van der Waals surface area contributed by atoms with Crippen molar-refractivity contribution >= 4 is 34.3 Å². The van der Waals surface area contributed by atoms with Crippen LogP contribution in [-0.4, -0.2) is 68.2 Å². The van der Waals surface area contributed by atoms with Gasteiger partial charge in [0.05, 0.1) is 30.5 Å². The second-order valence-electron chi connectivity index (χ2n) is 8.64. The zero-order valence-electron chi connectivity index (χ0n) is 19.8. The van der Waals surface area contributed by atoms with Crippen molar-refractivity contribution in [2.75, 3.05) is 25.1 Å². The smallest absolute Gasteiger partial charge is 0.277 e. The van der Waals surface area contributed by atoms with Gasteiger partial charge in [-0.2, -0.15) is 0 Å². The van der Waals surface area contributed by atoms with E-state index in [4.69, 9.17) is 9.47 Å². The standard InChI is InChI=1S/C23H25N7O6/c1-3-36-18-11-35-10-17(18)29-9-15(27-28-29)21(32)25-14-6-4-5-13-20(14)24-12(2)30(23(13)34)16-7-8-19(31)26-22(16)33/h4-6,9,16-18H,3,7-8,10-11H2,1-2H3,(H,25,32)(H,26,31,33)/t16?,17-,18-/m1/s1. The van der Waals surface area contributed by atoms with Crippen LogP contribution in [0.1, 0.15) is 48.2 Å². The van der Waals surface area contributed by atoms with E-state index in [1.807, 2.05) is 6.92 Å². The maximum Gasteiger partial charge on any atom is 0.277 e. The van der Waals surface area contributed by atoms with Crippen molar-refractivity contribution in [3.05, 3.63) is 46.3 Å². The van der Waals surface area contributed by atoms with Crippen molar-refractivity contribution in [1.82, 2.24) is 29.9 Å². The Kier molecular flexibility index (Phi) is 6.33. The number of imide groups is 1. The van der Waals surface area contributed by atoms with Crippen LogP contribution in [0.25, 0.3) is 10.9 Å². The maximum atomic E-state index is 13.3. The molecule has 0 spiro atoms. The van der Waals surface area contributed by atoms with Gasteiger partial charge in [0.15, 0.2) is 5.69 Å². The molecule has 2 aliphatic rings. The summed E-state index contributed by atoms with van der Waals surface area (Å²) < 4.78 is 14.0. The molecule has 36 heavy (non-hydrogen) atoms. The van der Waals surface area contributed by atoms with Gasteiger partial charge in [-0.25, -0.2) is 9.67 Å². The minimum atomic E-state index is -0.833. The number of ether oxygens (including phenoxy) is 2. The first-order valence-corrected chi connectivity index (χ1v) is 11.7. The fraction of sp³-hybridized carbons (Fsp3) is 0.435. The number of benzene rings is 1. The van der Waals surface area contributed by atoms with Gasteiger partial charge in [-0.1, -0.05) is 11.3 Å². The van der Waals surface area contributed by atoms with Gasteiger partial charge >= 0.3 is 0 Å². The molecule has 2 saturated heterocycles.